The standard InChI is InChI=1S/C25H32BFN7OP/c1-3-18(14-34-13-17(12-31-34)23-20-4-7-28-24(20)30-15-29-23)33-8-5-19(6-9-33)35-22-11-16(2)10-21(32-22)25(26,27)36/h4,7,10-13,15,18-19H,3,5-6,8-9,14,26,36H2,1-2H3,(H,28,29,30)/t18-,25?/m0/s1. The first-order chi connectivity index (χ1) is 17.3. The van der Waals surface area contributed by atoms with Gasteiger partial charge in [0.05, 0.1) is 24.1 Å². The van der Waals surface area contributed by atoms with Gasteiger partial charge >= 0.3 is 0 Å². The maximum atomic E-state index is 14.4. The van der Waals surface area contributed by atoms with E-state index in [4.69, 9.17) is 4.74 Å². The Balaban J connectivity index is 1.20. The highest BCUT2D eigenvalue weighted by molar-refractivity contribution is 7.21. The van der Waals surface area contributed by atoms with Crippen LogP contribution in [0.3, 0.4) is 0 Å². The molecule has 0 amide bonds. The quantitative estimate of drug-likeness (QED) is 0.291. The molecule has 1 aliphatic rings. The molecule has 36 heavy (non-hydrogen) atoms. The molecule has 0 aliphatic carbocycles. The molecule has 188 valence electrons. The smallest absolute Gasteiger partial charge is 0.214 e. The van der Waals surface area contributed by atoms with Crippen LogP contribution in [0.1, 0.15) is 37.4 Å². The SMILES string of the molecule is BC(F)(P)c1cc(C)cc(OC2CCN([C@@H](CC)Cn3cc(-c4ncnc5[nH]ccc45)cn3)CC2)n1. The van der Waals surface area contributed by atoms with Crippen LogP contribution in [0.2, 0.25) is 0 Å². The number of pyridine rings is 1. The second kappa shape index (κ2) is 10.3. The number of ether oxygens (including phenoxy) is 1. The van der Waals surface area contributed by atoms with E-state index in [1.54, 1.807) is 12.4 Å². The zero-order valence-corrected chi connectivity index (χ0v) is 22.1. The van der Waals surface area contributed by atoms with Gasteiger partial charge in [-0.3, -0.25) is 9.58 Å². The van der Waals surface area contributed by atoms with Crippen LogP contribution in [-0.4, -0.2) is 67.7 Å². The Hall–Kier alpha value is -2.84. The van der Waals surface area contributed by atoms with Crippen LogP contribution < -0.4 is 4.74 Å². The summed E-state index contributed by atoms with van der Waals surface area (Å²) >= 11 is 0. The molecule has 1 aliphatic heterocycles. The Labute approximate surface area is 213 Å². The van der Waals surface area contributed by atoms with Gasteiger partial charge in [0.25, 0.3) is 0 Å². The van der Waals surface area contributed by atoms with E-state index in [0.29, 0.717) is 17.6 Å². The Morgan fingerprint density at radius 3 is 2.86 bits per heavy atom. The van der Waals surface area contributed by atoms with Crippen molar-refractivity contribution in [2.75, 3.05) is 13.1 Å². The van der Waals surface area contributed by atoms with Crippen LogP contribution in [0.15, 0.2) is 43.1 Å². The molecule has 8 nitrogen and oxygen atoms in total. The molecule has 0 radical (unpaired) electrons. The summed E-state index contributed by atoms with van der Waals surface area (Å²) in [4.78, 5) is 18.8. The van der Waals surface area contributed by atoms with Crippen molar-refractivity contribution in [1.82, 2.24) is 34.6 Å². The lowest BCUT2D eigenvalue weighted by Crippen LogP contribution is -2.45. The molecule has 0 bridgehead atoms. The first-order valence-electron chi connectivity index (χ1n) is 12.5. The lowest BCUT2D eigenvalue weighted by molar-refractivity contribution is 0.0646. The zero-order valence-electron chi connectivity index (χ0n) is 21.0. The van der Waals surface area contributed by atoms with Gasteiger partial charge in [0.1, 0.15) is 23.4 Å². The maximum Gasteiger partial charge on any atom is 0.214 e. The fourth-order valence-corrected chi connectivity index (χ4v) is 5.03. The normalized spacial score (nSPS) is 17.8. The summed E-state index contributed by atoms with van der Waals surface area (Å²) in [6.45, 7) is 6.86. The molecule has 1 N–H and O–H groups in total. The number of halogens is 1. The van der Waals surface area contributed by atoms with Crippen molar-refractivity contribution in [3.63, 3.8) is 0 Å². The van der Waals surface area contributed by atoms with Gasteiger partial charge in [0, 0.05) is 48.5 Å². The third-order valence-electron chi connectivity index (χ3n) is 6.86. The van der Waals surface area contributed by atoms with E-state index < -0.39 is 5.31 Å². The van der Waals surface area contributed by atoms with Crippen molar-refractivity contribution in [2.45, 2.75) is 57.1 Å². The Kier molecular flexibility index (Phi) is 7.08. The predicted octanol–water partition coefficient (Wildman–Crippen LogP) is 3.43. The molecule has 2 unspecified atom stereocenters. The number of piperidine rings is 1. The van der Waals surface area contributed by atoms with E-state index in [1.165, 1.54) is 7.85 Å². The third kappa shape index (κ3) is 5.45. The molecule has 1 saturated heterocycles. The minimum atomic E-state index is -1.57. The van der Waals surface area contributed by atoms with E-state index >= 15 is 0 Å². The number of fused-ring (bicyclic) bond motifs is 1. The molecular formula is C25H32BFN7OP. The molecule has 3 atom stereocenters. The molecule has 5 heterocycles. The molecule has 5 rings (SSSR count). The molecular weight excluding hydrogens is 475 g/mol. The van der Waals surface area contributed by atoms with Gasteiger partial charge in [-0.25, -0.2) is 19.3 Å². The Bertz CT molecular complexity index is 1330. The van der Waals surface area contributed by atoms with Gasteiger partial charge < -0.3 is 9.72 Å². The van der Waals surface area contributed by atoms with E-state index in [2.05, 4.69) is 52.3 Å². The number of aryl methyl sites for hydroxylation is 1. The number of aromatic nitrogens is 6. The van der Waals surface area contributed by atoms with Crippen molar-refractivity contribution < 1.29 is 9.13 Å². The number of aromatic amines is 1. The number of H-pyrrole nitrogens is 1. The molecule has 0 spiro atoms. The minimum Gasteiger partial charge on any atom is -0.474 e. The average Bonchev–Trinajstić information content (AvgIpc) is 3.52. The van der Waals surface area contributed by atoms with Crippen LogP contribution in [0, 0.1) is 6.92 Å². The van der Waals surface area contributed by atoms with E-state index in [-0.39, 0.29) is 6.10 Å². The first kappa shape index (κ1) is 24.8. The molecule has 0 saturated carbocycles. The molecule has 4 aromatic rings. The summed E-state index contributed by atoms with van der Waals surface area (Å²) in [6.07, 6.45) is 10.3. The molecule has 1 fully saturated rings. The number of nitrogens with zero attached hydrogens (tertiary/aromatic N) is 6. The maximum absolute atomic E-state index is 14.4. The molecule has 0 aromatic carbocycles. The number of alkyl halides is 1. The largest absolute Gasteiger partial charge is 0.474 e. The highest BCUT2D eigenvalue weighted by atomic mass is 31.0. The summed E-state index contributed by atoms with van der Waals surface area (Å²) < 4.78 is 22.6. The van der Waals surface area contributed by atoms with E-state index in [1.807, 2.05) is 36.1 Å². The summed E-state index contributed by atoms with van der Waals surface area (Å²) in [6, 6.07) is 6.02. The highest BCUT2D eigenvalue weighted by Gasteiger charge is 2.27. The lowest BCUT2D eigenvalue weighted by atomic mass is 9.96. The highest BCUT2D eigenvalue weighted by Crippen LogP contribution is 2.31. The zero-order chi connectivity index (χ0) is 25.3. The second-order valence-corrected chi connectivity index (χ2v) is 10.9. The van der Waals surface area contributed by atoms with Crippen LogP contribution in [-0.2, 0) is 11.9 Å². The fraction of sp³-hybridized carbons (Fsp3) is 0.440. The molecule has 11 heteroatoms. The van der Waals surface area contributed by atoms with Crippen molar-refractivity contribution >= 4 is 28.1 Å². The van der Waals surface area contributed by atoms with Gasteiger partial charge in [-0.1, -0.05) is 6.92 Å². The molecule has 4 aromatic heterocycles. The number of likely N-dealkylation sites (tertiary alicyclic amines) is 1. The first-order valence-corrected chi connectivity index (χ1v) is 13.1. The van der Waals surface area contributed by atoms with Crippen molar-refractivity contribution in [3.05, 3.63) is 54.4 Å². The average molecular weight is 507 g/mol. The van der Waals surface area contributed by atoms with Crippen LogP contribution >= 0.6 is 9.24 Å². The number of hydrogen-bond donors (Lipinski definition) is 1. The second-order valence-electron chi connectivity index (χ2n) is 9.77. The predicted molar refractivity (Wildman–Crippen MR) is 144 cm³/mol. The van der Waals surface area contributed by atoms with Crippen LogP contribution in [0.25, 0.3) is 22.3 Å². The summed E-state index contributed by atoms with van der Waals surface area (Å²) in [5, 5.41) is 4.05. The van der Waals surface area contributed by atoms with Crippen molar-refractivity contribution in [3.8, 4) is 17.1 Å². The monoisotopic (exact) mass is 507 g/mol. The van der Waals surface area contributed by atoms with Crippen molar-refractivity contribution in [2.24, 2.45) is 0 Å². The number of nitrogens with one attached hydrogen (secondary N) is 1. The van der Waals surface area contributed by atoms with Gasteiger partial charge in [0.2, 0.25) is 5.88 Å². The summed E-state index contributed by atoms with van der Waals surface area (Å²) in [7, 11) is 3.70. The van der Waals surface area contributed by atoms with Gasteiger partial charge in [-0.05, 0) is 43.9 Å². The number of rotatable bonds is 8. The topological polar surface area (TPSA) is 84.8 Å². The number of hydrogen-bond acceptors (Lipinski definition) is 6. The minimum absolute atomic E-state index is 0.0779. The fourth-order valence-electron chi connectivity index (χ4n) is 4.88. The van der Waals surface area contributed by atoms with Gasteiger partial charge in [-0.15, -0.1) is 9.24 Å². The van der Waals surface area contributed by atoms with E-state index in [0.717, 1.165) is 66.8 Å². The Morgan fingerprint density at radius 1 is 1.31 bits per heavy atom. The van der Waals surface area contributed by atoms with Crippen molar-refractivity contribution in [1.29, 1.82) is 0 Å². The Morgan fingerprint density at radius 2 is 2.11 bits per heavy atom. The van der Waals surface area contributed by atoms with Gasteiger partial charge in [0.15, 0.2) is 7.85 Å². The van der Waals surface area contributed by atoms with Crippen LogP contribution in [0.4, 0.5) is 4.39 Å². The van der Waals surface area contributed by atoms with E-state index in [9.17, 15) is 4.39 Å². The summed E-state index contributed by atoms with van der Waals surface area (Å²) in [5.41, 5.74) is 4.03. The lowest BCUT2D eigenvalue weighted by Gasteiger charge is -2.37. The van der Waals surface area contributed by atoms with Crippen LogP contribution in [0.5, 0.6) is 5.88 Å². The van der Waals surface area contributed by atoms with Gasteiger partial charge in [-0.2, -0.15) is 5.10 Å². The third-order valence-corrected chi connectivity index (χ3v) is 7.15. The summed E-state index contributed by atoms with van der Waals surface area (Å²) in [5.74, 6) is 0.507.